The van der Waals surface area contributed by atoms with Crippen LogP contribution in [0, 0.1) is 5.92 Å². The number of ether oxygens (including phenoxy) is 1. The lowest BCUT2D eigenvalue weighted by Crippen LogP contribution is -2.59. The highest BCUT2D eigenvalue weighted by atomic mass is 16.6. The number of nitrogens with zero attached hydrogens (tertiary/aromatic N) is 2. The monoisotopic (exact) mass is 345 g/mol. The van der Waals surface area contributed by atoms with Gasteiger partial charge in [-0.1, -0.05) is 30.3 Å². The van der Waals surface area contributed by atoms with Crippen LogP contribution in [0.5, 0.6) is 0 Å². The highest BCUT2D eigenvalue weighted by molar-refractivity contribution is 5.67. The predicted octanol–water partition coefficient (Wildman–Crippen LogP) is 2.72. The molecule has 1 aromatic carbocycles. The Kier molecular flexibility index (Phi) is 5.97. The average Bonchev–Trinajstić information content (AvgIpc) is 2.68. The van der Waals surface area contributed by atoms with Crippen molar-refractivity contribution in [3.63, 3.8) is 0 Å². The van der Waals surface area contributed by atoms with Crippen molar-refractivity contribution in [2.75, 3.05) is 39.3 Å². The fourth-order valence-electron chi connectivity index (χ4n) is 4.06. The Morgan fingerprint density at radius 3 is 2.40 bits per heavy atom. The van der Waals surface area contributed by atoms with E-state index in [0.717, 1.165) is 50.7 Å². The molecule has 2 heterocycles. The van der Waals surface area contributed by atoms with Crippen molar-refractivity contribution in [1.82, 2.24) is 15.1 Å². The SMILES string of the molecule is CC(C)(C1CCNCC1)N1CCN(C(=O)OCc2ccccc2)CC1. The van der Waals surface area contributed by atoms with E-state index in [1.54, 1.807) is 0 Å². The van der Waals surface area contributed by atoms with Crippen molar-refractivity contribution in [3.8, 4) is 0 Å². The highest BCUT2D eigenvalue weighted by Gasteiger charge is 2.38. The fourth-order valence-corrected chi connectivity index (χ4v) is 4.06. The number of piperidine rings is 1. The van der Waals surface area contributed by atoms with Crippen molar-refractivity contribution in [1.29, 1.82) is 0 Å². The zero-order chi connectivity index (χ0) is 17.7. The molecule has 2 fully saturated rings. The molecule has 0 aliphatic carbocycles. The topological polar surface area (TPSA) is 44.8 Å². The zero-order valence-corrected chi connectivity index (χ0v) is 15.5. The van der Waals surface area contributed by atoms with Gasteiger partial charge in [-0.05, 0) is 51.3 Å². The van der Waals surface area contributed by atoms with Gasteiger partial charge in [-0.25, -0.2) is 4.79 Å². The molecule has 0 radical (unpaired) electrons. The van der Waals surface area contributed by atoms with E-state index in [1.807, 2.05) is 35.2 Å². The number of amides is 1. The summed E-state index contributed by atoms with van der Waals surface area (Å²) in [4.78, 5) is 16.7. The van der Waals surface area contributed by atoms with Crippen LogP contribution in [0.1, 0.15) is 32.3 Å². The molecule has 2 aliphatic heterocycles. The summed E-state index contributed by atoms with van der Waals surface area (Å²) in [5, 5.41) is 3.45. The third-order valence-electron chi connectivity index (χ3n) is 5.90. The molecule has 2 saturated heterocycles. The molecule has 0 aromatic heterocycles. The maximum atomic E-state index is 12.3. The van der Waals surface area contributed by atoms with Gasteiger partial charge in [-0.15, -0.1) is 0 Å². The summed E-state index contributed by atoms with van der Waals surface area (Å²) in [6.07, 6.45) is 2.29. The molecule has 0 unspecified atom stereocenters. The molecule has 0 saturated carbocycles. The van der Waals surface area contributed by atoms with Crippen molar-refractivity contribution in [2.45, 2.75) is 38.8 Å². The van der Waals surface area contributed by atoms with Gasteiger partial charge >= 0.3 is 6.09 Å². The quantitative estimate of drug-likeness (QED) is 0.911. The van der Waals surface area contributed by atoms with E-state index < -0.39 is 0 Å². The first-order valence-corrected chi connectivity index (χ1v) is 9.49. The van der Waals surface area contributed by atoms with E-state index >= 15 is 0 Å². The second kappa shape index (κ2) is 8.19. The normalized spacial score (nSPS) is 20.5. The minimum Gasteiger partial charge on any atom is -0.445 e. The van der Waals surface area contributed by atoms with Crippen molar-refractivity contribution in [2.24, 2.45) is 5.92 Å². The first kappa shape index (κ1) is 18.2. The Bertz CT molecular complexity index is 547. The maximum Gasteiger partial charge on any atom is 0.410 e. The molecule has 0 atom stereocenters. The molecule has 1 N–H and O–H groups in total. The minimum atomic E-state index is -0.192. The molecule has 3 rings (SSSR count). The van der Waals surface area contributed by atoms with Crippen molar-refractivity contribution >= 4 is 6.09 Å². The van der Waals surface area contributed by atoms with Gasteiger partial charge < -0.3 is 15.0 Å². The van der Waals surface area contributed by atoms with Crippen LogP contribution in [0.3, 0.4) is 0 Å². The predicted molar refractivity (Wildman–Crippen MR) is 99.4 cm³/mol. The second-order valence-electron chi connectivity index (χ2n) is 7.69. The van der Waals surface area contributed by atoms with Crippen LogP contribution in [0.2, 0.25) is 0 Å². The van der Waals surface area contributed by atoms with Gasteiger partial charge in [0, 0.05) is 31.7 Å². The van der Waals surface area contributed by atoms with Crippen LogP contribution in [-0.4, -0.2) is 60.7 Å². The number of carbonyl (C=O) groups is 1. The van der Waals surface area contributed by atoms with Gasteiger partial charge in [0.2, 0.25) is 0 Å². The lowest BCUT2D eigenvalue weighted by atomic mass is 9.79. The summed E-state index contributed by atoms with van der Waals surface area (Å²) >= 11 is 0. The average molecular weight is 345 g/mol. The van der Waals surface area contributed by atoms with Crippen LogP contribution >= 0.6 is 0 Å². The molecule has 1 aromatic rings. The van der Waals surface area contributed by atoms with E-state index in [4.69, 9.17) is 4.74 Å². The second-order valence-corrected chi connectivity index (χ2v) is 7.69. The number of benzene rings is 1. The summed E-state index contributed by atoms with van der Waals surface area (Å²) in [5.74, 6) is 0.727. The Hall–Kier alpha value is -1.59. The van der Waals surface area contributed by atoms with E-state index in [1.165, 1.54) is 12.8 Å². The van der Waals surface area contributed by atoms with Gasteiger partial charge in [0.15, 0.2) is 0 Å². The van der Waals surface area contributed by atoms with Crippen molar-refractivity contribution in [3.05, 3.63) is 35.9 Å². The number of nitrogens with one attached hydrogen (secondary N) is 1. The Morgan fingerprint density at radius 2 is 1.76 bits per heavy atom. The highest BCUT2D eigenvalue weighted by Crippen LogP contribution is 2.31. The number of hydrogen-bond donors (Lipinski definition) is 1. The summed E-state index contributed by atoms with van der Waals surface area (Å²) in [6.45, 7) is 10.7. The molecule has 5 nitrogen and oxygen atoms in total. The van der Waals surface area contributed by atoms with Crippen LogP contribution in [-0.2, 0) is 11.3 Å². The van der Waals surface area contributed by atoms with E-state index in [0.29, 0.717) is 6.61 Å². The van der Waals surface area contributed by atoms with Crippen LogP contribution in [0.15, 0.2) is 30.3 Å². The minimum absolute atomic E-state index is 0.192. The first-order valence-electron chi connectivity index (χ1n) is 9.49. The Balaban J connectivity index is 1.46. The molecule has 0 spiro atoms. The van der Waals surface area contributed by atoms with Gasteiger partial charge in [0.25, 0.3) is 0 Å². The lowest BCUT2D eigenvalue weighted by molar-refractivity contribution is 0.00368. The number of carbonyl (C=O) groups excluding carboxylic acids is 1. The van der Waals surface area contributed by atoms with Crippen LogP contribution in [0.25, 0.3) is 0 Å². The molecule has 138 valence electrons. The largest absolute Gasteiger partial charge is 0.445 e. The fraction of sp³-hybridized carbons (Fsp3) is 0.650. The van der Waals surface area contributed by atoms with Crippen LogP contribution < -0.4 is 5.32 Å². The maximum absolute atomic E-state index is 12.3. The summed E-state index contributed by atoms with van der Waals surface area (Å²) in [7, 11) is 0. The standard InChI is InChI=1S/C20H31N3O2/c1-20(2,18-8-10-21-11-9-18)23-14-12-22(13-15-23)19(24)25-16-17-6-4-3-5-7-17/h3-7,18,21H,8-16H2,1-2H3. The zero-order valence-electron chi connectivity index (χ0n) is 15.5. The number of hydrogen-bond acceptors (Lipinski definition) is 4. The molecule has 25 heavy (non-hydrogen) atoms. The van der Waals surface area contributed by atoms with Crippen molar-refractivity contribution < 1.29 is 9.53 Å². The smallest absolute Gasteiger partial charge is 0.410 e. The first-order chi connectivity index (χ1) is 12.1. The molecular weight excluding hydrogens is 314 g/mol. The molecular formula is C20H31N3O2. The van der Waals surface area contributed by atoms with Gasteiger partial charge in [-0.3, -0.25) is 4.90 Å². The molecule has 1 amide bonds. The summed E-state index contributed by atoms with van der Waals surface area (Å²) in [6, 6.07) is 9.85. The molecule has 0 bridgehead atoms. The number of piperazine rings is 1. The number of rotatable bonds is 4. The third-order valence-corrected chi connectivity index (χ3v) is 5.90. The van der Waals surface area contributed by atoms with E-state index in [9.17, 15) is 4.79 Å². The van der Waals surface area contributed by atoms with Crippen LogP contribution in [0.4, 0.5) is 4.79 Å². The summed E-state index contributed by atoms with van der Waals surface area (Å²) < 4.78 is 5.46. The molecule has 5 heteroatoms. The lowest BCUT2D eigenvalue weighted by Gasteiger charge is -2.48. The van der Waals surface area contributed by atoms with E-state index in [-0.39, 0.29) is 11.6 Å². The summed E-state index contributed by atoms with van der Waals surface area (Å²) in [5.41, 5.74) is 1.23. The van der Waals surface area contributed by atoms with Gasteiger partial charge in [-0.2, -0.15) is 0 Å². The molecule has 2 aliphatic rings. The van der Waals surface area contributed by atoms with E-state index in [2.05, 4.69) is 24.1 Å². The van der Waals surface area contributed by atoms with Gasteiger partial charge in [0.1, 0.15) is 6.61 Å². The van der Waals surface area contributed by atoms with Gasteiger partial charge in [0.05, 0.1) is 0 Å². The Morgan fingerprint density at radius 1 is 1.12 bits per heavy atom. The third kappa shape index (κ3) is 4.53. The Labute approximate surface area is 151 Å².